The molecule has 2 N–H and O–H groups in total. The molecule has 2 aliphatic heterocycles. The lowest BCUT2D eigenvalue weighted by Crippen LogP contribution is -2.41. The van der Waals surface area contributed by atoms with Gasteiger partial charge in [-0.2, -0.15) is 4.98 Å². The van der Waals surface area contributed by atoms with Crippen molar-refractivity contribution in [3.05, 3.63) is 57.9 Å². The second-order valence-corrected chi connectivity index (χ2v) is 9.33. The van der Waals surface area contributed by atoms with Crippen molar-refractivity contribution in [3.8, 4) is 11.5 Å². The van der Waals surface area contributed by atoms with Crippen LogP contribution in [0.25, 0.3) is 0 Å². The van der Waals surface area contributed by atoms with Crippen molar-refractivity contribution in [2.75, 3.05) is 30.1 Å². The summed E-state index contributed by atoms with van der Waals surface area (Å²) in [5, 5.41) is 8.54. The van der Waals surface area contributed by atoms with E-state index in [2.05, 4.69) is 32.0 Å². The monoisotopic (exact) mass is 465 g/mol. The molecule has 172 valence electrons. The molecule has 1 saturated heterocycles. The third kappa shape index (κ3) is 5.19. The van der Waals surface area contributed by atoms with Crippen molar-refractivity contribution in [3.63, 3.8) is 0 Å². The van der Waals surface area contributed by atoms with Gasteiger partial charge in [0.05, 0.1) is 6.54 Å². The minimum atomic E-state index is -0.00325. The summed E-state index contributed by atoms with van der Waals surface area (Å²) in [7, 11) is 0. The number of carbonyl (C=O) groups excluding carboxylic acids is 1. The molecule has 3 aromatic rings. The van der Waals surface area contributed by atoms with E-state index in [9.17, 15) is 4.79 Å². The van der Waals surface area contributed by atoms with Gasteiger partial charge in [-0.05, 0) is 48.9 Å². The molecule has 33 heavy (non-hydrogen) atoms. The number of piperidine rings is 1. The lowest BCUT2D eigenvalue weighted by Gasteiger charge is -2.31. The number of anilines is 2. The summed E-state index contributed by atoms with van der Waals surface area (Å²) >= 11 is 1.72. The molecule has 2 aliphatic rings. The Morgan fingerprint density at radius 1 is 1.12 bits per heavy atom. The van der Waals surface area contributed by atoms with Crippen molar-refractivity contribution in [2.45, 2.75) is 32.9 Å². The summed E-state index contributed by atoms with van der Waals surface area (Å²) in [5.41, 5.74) is 1.93. The first kappa shape index (κ1) is 21.5. The number of aryl methyl sites for hydroxylation is 1. The quantitative estimate of drug-likeness (QED) is 0.550. The highest BCUT2D eigenvalue weighted by Gasteiger charge is 2.26. The van der Waals surface area contributed by atoms with Crippen LogP contribution in [0.4, 0.5) is 11.8 Å². The molecule has 1 fully saturated rings. The first-order valence-electron chi connectivity index (χ1n) is 11.2. The summed E-state index contributed by atoms with van der Waals surface area (Å²) < 4.78 is 10.7. The van der Waals surface area contributed by atoms with Crippen molar-refractivity contribution in [1.82, 2.24) is 15.3 Å². The second kappa shape index (κ2) is 9.66. The Morgan fingerprint density at radius 2 is 1.97 bits per heavy atom. The smallest absolute Gasteiger partial charge is 0.231 e. The number of nitrogens with one attached hydrogen (secondary N) is 2. The second-order valence-electron chi connectivity index (χ2n) is 8.29. The topological polar surface area (TPSA) is 88.6 Å². The summed E-state index contributed by atoms with van der Waals surface area (Å²) in [5.74, 6) is 3.13. The van der Waals surface area contributed by atoms with Crippen LogP contribution in [-0.2, 0) is 17.9 Å². The average molecular weight is 466 g/mol. The molecule has 0 aliphatic carbocycles. The average Bonchev–Trinajstić information content (AvgIpc) is 3.52. The highest BCUT2D eigenvalue weighted by atomic mass is 32.1. The van der Waals surface area contributed by atoms with E-state index in [1.54, 1.807) is 11.3 Å². The van der Waals surface area contributed by atoms with E-state index >= 15 is 0 Å². The van der Waals surface area contributed by atoms with Crippen LogP contribution in [0.5, 0.6) is 11.5 Å². The van der Waals surface area contributed by atoms with Crippen LogP contribution < -0.4 is 25.0 Å². The molecule has 0 atom stereocenters. The molecule has 0 unspecified atom stereocenters. The zero-order valence-electron chi connectivity index (χ0n) is 18.5. The van der Waals surface area contributed by atoms with Gasteiger partial charge in [-0.25, -0.2) is 4.98 Å². The number of amides is 1. The number of fused-ring (bicyclic) bond motifs is 1. The molecule has 4 heterocycles. The fourth-order valence-electron chi connectivity index (χ4n) is 4.10. The van der Waals surface area contributed by atoms with Crippen LogP contribution >= 0.6 is 11.3 Å². The highest BCUT2D eigenvalue weighted by Crippen LogP contribution is 2.32. The molecule has 0 bridgehead atoms. The summed E-state index contributed by atoms with van der Waals surface area (Å²) in [6.07, 6.45) is 1.56. The van der Waals surface area contributed by atoms with E-state index in [1.807, 2.05) is 37.3 Å². The number of thiophene rings is 1. The zero-order chi connectivity index (χ0) is 22.6. The first-order valence-corrected chi connectivity index (χ1v) is 12.0. The van der Waals surface area contributed by atoms with Gasteiger partial charge in [0.25, 0.3) is 0 Å². The molecule has 2 aromatic heterocycles. The van der Waals surface area contributed by atoms with E-state index in [4.69, 9.17) is 14.5 Å². The molecule has 1 amide bonds. The summed E-state index contributed by atoms with van der Waals surface area (Å²) in [6, 6.07) is 11.9. The minimum absolute atomic E-state index is 0.00325. The van der Waals surface area contributed by atoms with Crippen molar-refractivity contribution in [1.29, 1.82) is 0 Å². The van der Waals surface area contributed by atoms with Gasteiger partial charge in [-0.1, -0.05) is 12.1 Å². The van der Waals surface area contributed by atoms with Crippen LogP contribution in [0.1, 0.15) is 29.0 Å². The van der Waals surface area contributed by atoms with Crippen LogP contribution in [-0.4, -0.2) is 35.8 Å². The number of nitrogens with zero attached hydrogens (tertiary/aromatic N) is 3. The Bertz CT molecular complexity index is 1110. The van der Waals surface area contributed by atoms with E-state index in [0.717, 1.165) is 67.0 Å². The van der Waals surface area contributed by atoms with Gasteiger partial charge in [0.1, 0.15) is 5.82 Å². The zero-order valence-corrected chi connectivity index (χ0v) is 19.4. The first-order chi connectivity index (χ1) is 16.1. The van der Waals surface area contributed by atoms with Gasteiger partial charge in [0, 0.05) is 42.2 Å². The Kier molecular flexibility index (Phi) is 6.30. The Morgan fingerprint density at radius 3 is 2.79 bits per heavy atom. The normalized spacial score (nSPS) is 15.5. The fourth-order valence-corrected chi connectivity index (χ4v) is 4.75. The molecule has 8 nitrogen and oxygen atoms in total. The van der Waals surface area contributed by atoms with Crippen LogP contribution in [0, 0.1) is 12.8 Å². The molecule has 0 saturated carbocycles. The maximum Gasteiger partial charge on any atom is 0.231 e. The van der Waals surface area contributed by atoms with E-state index in [0.29, 0.717) is 6.54 Å². The summed E-state index contributed by atoms with van der Waals surface area (Å²) in [4.78, 5) is 25.5. The number of carbonyl (C=O) groups is 1. The van der Waals surface area contributed by atoms with E-state index in [1.165, 1.54) is 4.88 Å². The van der Waals surface area contributed by atoms with Gasteiger partial charge in [-0.15, -0.1) is 11.3 Å². The minimum Gasteiger partial charge on any atom is -0.454 e. The SMILES string of the molecule is Cc1cc(NCc2cccs2)nc(N2CCC(C(=O)NCc3ccc4c(c3)OCO4)CC2)n1. The Hall–Kier alpha value is -3.33. The molecule has 0 radical (unpaired) electrons. The number of aromatic nitrogens is 2. The number of hydrogen-bond acceptors (Lipinski definition) is 8. The molecule has 1 aromatic carbocycles. The molecule has 9 heteroatoms. The standard InChI is InChI=1S/C24H27N5O3S/c1-16-11-22(25-14-19-3-2-10-33-19)28-24(27-16)29-8-6-18(7-9-29)23(30)26-13-17-4-5-20-21(12-17)32-15-31-20/h2-5,10-12,18H,6-9,13-15H2,1H3,(H,26,30)(H,25,27,28). The van der Waals surface area contributed by atoms with Crippen molar-refractivity contribution >= 4 is 29.0 Å². The molecule has 5 rings (SSSR count). The largest absolute Gasteiger partial charge is 0.454 e. The summed E-state index contributed by atoms with van der Waals surface area (Å²) in [6.45, 7) is 4.99. The van der Waals surface area contributed by atoms with Crippen molar-refractivity contribution < 1.29 is 14.3 Å². The number of rotatable bonds is 7. The van der Waals surface area contributed by atoms with Gasteiger partial charge < -0.3 is 25.0 Å². The number of hydrogen-bond donors (Lipinski definition) is 2. The van der Waals surface area contributed by atoms with E-state index < -0.39 is 0 Å². The predicted molar refractivity (Wildman–Crippen MR) is 128 cm³/mol. The van der Waals surface area contributed by atoms with Crippen LogP contribution in [0.15, 0.2) is 41.8 Å². The van der Waals surface area contributed by atoms with Crippen LogP contribution in [0.3, 0.4) is 0 Å². The molecular weight excluding hydrogens is 438 g/mol. The maximum absolute atomic E-state index is 12.7. The lowest BCUT2D eigenvalue weighted by molar-refractivity contribution is -0.125. The van der Waals surface area contributed by atoms with Gasteiger partial charge in [0.2, 0.25) is 18.6 Å². The highest BCUT2D eigenvalue weighted by molar-refractivity contribution is 7.09. The van der Waals surface area contributed by atoms with E-state index in [-0.39, 0.29) is 18.6 Å². The van der Waals surface area contributed by atoms with Gasteiger partial charge >= 0.3 is 0 Å². The fraction of sp³-hybridized carbons (Fsp3) is 0.375. The Balaban J connectivity index is 1.13. The number of benzene rings is 1. The third-order valence-electron chi connectivity index (χ3n) is 5.92. The van der Waals surface area contributed by atoms with Crippen LogP contribution in [0.2, 0.25) is 0 Å². The molecular formula is C24H27N5O3S. The predicted octanol–water partition coefficient (Wildman–Crippen LogP) is 3.72. The maximum atomic E-state index is 12.7. The Labute approximate surface area is 197 Å². The number of ether oxygens (including phenoxy) is 2. The van der Waals surface area contributed by atoms with Gasteiger partial charge in [0.15, 0.2) is 11.5 Å². The van der Waals surface area contributed by atoms with Gasteiger partial charge in [-0.3, -0.25) is 4.79 Å². The molecule has 0 spiro atoms. The van der Waals surface area contributed by atoms with Crippen molar-refractivity contribution in [2.24, 2.45) is 5.92 Å². The lowest BCUT2D eigenvalue weighted by atomic mass is 9.96. The third-order valence-corrected chi connectivity index (χ3v) is 6.79.